The lowest BCUT2D eigenvalue weighted by atomic mass is 10.2. The van der Waals surface area contributed by atoms with E-state index in [4.69, 9.17) is 11.6 Å². The van der Waals surface area contributed by atoms with Crippen LogP contribution in [-0.2, 0) is 7.05 Å². The molecule has 8 heteroatoms. The molecule has 1 N–H and O–H groups in total. The Balaban J connectivity index is 1.64. The van der Waals surface area contributed by atoms with Crippen molar-refractivity contribution < 1.29 is 0 Å². The summed E-state index contributed by atoms with van der Waals surface area (Å²) in [6, 6.07) is 7.62. The molecule has 4 rings (SSSR count). The van der Waals surface area contributed by atoms with Gasteiger partial charge in [0.1, 0.15) is 0 Å². The maximum Gasteiger partial charge on any atom is 0.214 e. The van der Waals surface area contributed by atoms with Crippen LogP contribution in [-0.4, -0.2) is 24.4 Å². The molecule has 23 heavy (non-hydrogen) atoms. The van der Waals surface area contributed by atoms with E-state index in [-0.39, 0.29) is 0 Å². The molecule has 0 atom stereocenters. The molecule has 0 aliphatic carbocycles. The normalized spacial score (nSPS) is 11.3. The minimum atomic E-state index is 0.714. The fourth-order valence-corrected chi connectivity index (χ4v) is 3.27. The van der Waals surface area contributed by atoms with E-state index in [0.29, 0.717) is 5.02 Å². The van der Waals surface area contributed by atoms with Crippen LogP contribution in [0.2, 0.25) is 5.02 Å². The maximum absolute atomic E-state index is 5.92. The van der Waals surface area contributed by atoms with Gasteiger partial charge in [0.2, 0.25) is 10.1 Å². The summed E-state index contributed by atoms with van der Waals surface area (Å²) in [7, 11) is 1.89. The smallest absolute Gasteiger partial charge is 0.214 e. The van der Waals surface area contributed by atoms with Crippen LogP contribution < -0.4 is 5.32 Å². The van der Waals surface area contributed by atoms with Crippen LogP contribution in [0.3, 0.4) is 0 Å². The zero-order valence-corrected chi connectivity index (χ0v) is 14.1. The quantitative estimate of drug-likeness (QED) is 0.612. The third kappa shape index (κ3) is 2.69. The number of aryl methyl sites for hydroxylation is 2. The molecule has 0 radical (unpaired) electrons. The third-order valence-corrected chi connectivity index (χ3v) is 4.53. The van der Waals surface area contributed by atoms with Gasteiger partial charge >= 0.3 is 0 Å². The van der Waals surface area contributed by atoms with Gasteiger partial charge in [0, 0.05) is 23.8 Å². The van der Waals surface area contributed by atoms with Gasteiger partial charge in [-0.1, -0.05) is 35.1 Å². The average Bonchev–Trinajstić information content (AvgIpc) is 3.14. The molecular formula is C15H13ClN6S. The highest BCUT2D eigenvalue weighted by Gasteiger charge is 2.11. The number of nitrogens with one attached hydrogen (secondary N) is 1. The fourth-order valence-electron chi connectivity index (χ4n) is 2.35. The molecule has 0 spiro atoms. The largest absolute Gasteiger partial charge is 0.327 e. The average molecular weight is 345 g/mol. The molecule has 3 aromatic heterocycles. The summed E-state index contributed by atoms with van der Waals surface area (Å²) in [5.74, 6) is 0. The first-order valence-corrected chi connectivity index (χ1v) is 8.17. The van der Waals surface area contributed by atoms with E-state index < -0.39 is 0 Å². The predicted octanol–water partition coefficient (Wildman–Crippen LogP) is 3.90. The van der Waals surface area contributed by atoms with E-state index in [1.54, 1.807) is 9.20 Å². The van der Waals surface area contributed by atoms with Gasteiger partial charge in [0.15, 0.2) is 0 Å². The van der Waals surface area contributed by atoms with E-state index in [0.717, 1.165) is 32.7 Å². The second kappa shape index (κ2) is 5.36. The second-order valence-electron chi connectivity index (χ2n) is 5.19. The molecule has 0 saturated carbocycles. The fraction of sp³-hybridized carbons (Fsp3) is 0.133. The number of nitrogens with zero attached hydrogens (tertiary/aromatic N) is 5. The minimum Gasteiger partial charge on any atom is -0.327 e. The number of aromatic nitrogens is 5. The van der Waals surface area contributed by atoms with Gasteiger partial charge in [-0.15, -0.1) is 5.10 Å². The summed E-state index contributed by atoms with van der Waals surface area (Å²) in [6.07, 6.45) is 3.84. The van der Waals surface area contributed by atoms with Crippen LogP contribution >= 0.6 is 22.9 Å². The molecule has 0 aliphatic heterocycles. The second-order valence-corrected chi connectivity index (χ2v) is 6.59. The molecule has 0 amide bonds. The van der Waals surface area contributed by atoms with E-state index >= 15 is 0 Å². The van der Waals surface area contributed by atoms with Gasteiger partial charge in [-0.05, 0) is 19.1 Å². The molecule has 0 bridgehead atoms. The Morgan fingerprint density at radius 3 is 2.57 bits per heavy atom. The van der Waals surface area contributed by atoms with Crippen molar-refractivity contribution in [2.75, 3.05) is 5.32 Å². The first kappa shape index (κ1) is 14.2. The summed E-state index contributed by atoms with van der Waals surface area (Å²) >= 11 is 7.41. The Morgan fingerprint density at radius 2 is 1.91 bits per heavy atom. The van der Waals surface area contributed by atoms with Crippen molar-refractivity contribution in [2.45, 2.75) is 6.92 Å². The number of halogens is 1. The number of fused-ring (bicyclic) bond motifs is 1. The predicted molar refractivity (Wildman–Crippen MR) is 92.5 cm³/mol. The van der Waals surface area contributed by atoms with Crippen molar-refractivity contribution in [3.05, 3.63) is 47.4 Å². The Labute approximate surface area is 141 Å². The van der Waals surface area contributed by atoms with E-state index in [2.05, 4.69) is 20.5 Å². The van der Waals surface area contributed by atoms with Crippen molar-refractivity contribution in [2.24, 2.45) is 7.05 Å². The van der Waals surface area contributed by atoms with Crippen LogP contribution in [0.4, 0.5) is 10.8 Å². The lowest BCUT2D eigenvalue weighted by Gasteiger charge is -1.98. The first-order chi connectivity index (χ1) is 11.1. The Kier molecular flexibility index (Phi) is 3.32. The van der Waals surface area contributed by atoms with Crippen LogP contribution in [0.1, 0.15) is 5.69 Å². The van der Waals surface area contributed by atoms with Crippen molar-refractivity contribution in [3.8, 4) is 11.3 Å². The van der Waals surface area contributed by atoms with Gasteiger partial charge in [0.25, 0.3) is 0 Å². The third-order valence-electron chi connectivity index (χ3n) is 3.44. The summed E-state index contributed by atoms with van der Waals surface area (Å²) in [5.41, 5.74) is 3.78. The first-order valence-electron chi connectivity index (χ1n) is 6.98. The summed E-state index contributed by atoms with van der Waals surface area (Å²) in [5, 5.41) is 13.6. The summed E-state index contributed by atoms with van der Waals surface area (Å²) < 4.78 is 3.55. The zero-order valence-electron chi connectivity index (χ0n) is 12.5. The molecular weight excluding hydrogens is 332 g/mol. The van der Waals surface area contributed by atoms with Crippen LogP contribution in [0.25, 0.3) is 16.2 Å². The number of anilines is 2. The molecule has 116 valence electrons. The molecule has 0 aliphatic rings. The van der Waals surface area contributed by atoms with Gasteiger partial charge in [-0.2, -0.15) is 5.10 Å². The molecule has 1 aromatic carbocycles. The molecule has 6 nitrogen and oxygen atoms in total. The molecule has 0 fully saturated rings. The van der Waals surface area contributed by atoms with Crippen molar-refractivity contribution in [3.63, 3.8) is 0 Å². The minimum absolute atomic E-state index is 0.714. The lowest BCUT2D eigenvalue weighted by Crippen LogP contribution is -1.91. The number of benzene rings is 1. The molecule has 4 aromatic rings. The highest BCUT2D eigenvalue weighted by atomic mass is 35.5. The summed E-state index contributed by atoms with van der Waals surface area (Å²) in [4.78, 5) is 5.45. The van der Waals surface area contributed by atoms with E-state index in [1.165, 1.54) is 11.3 Å². The maximum atomic E-state index is 5.92. The SMILES string of the molecule is Cc1nn(C)cc1Nc1nn2cc(-c3ccc(Cl)cc3)nc2s1. The van der Waals surface area contributed by atoms with Gasteiger partial charge < -0.3 is 5.32 Å². The van der Waals surface area contributed by atoms with Crippen LogP contribution in [0.5, 0.6) is 0 Å². The van der Waals surface area contributed by atoms with Crippen molar-refractivity contribution in [1.29, 1.82) is 0 Å². The van der Waals surface area contributed by atoms with Crippen molar-refractivity contribution >= 4 is 38.7 Å². The van der Waals surface area contributed by atoms with Crippen molar-refractivity contribution in [1.82, 2.24) is 24.4 Å². The van der Waals surface area contributed by atoms with Gasteiger partial charge in [0.05, 0.1) is 23.3 Å². The standard InChI is InChI=1S/C15H13ClN6S/c1-9-12(7-21(2)19-9)17-14-20-22-8-13(18-15(22)23-14)10-3-5-11(16)6-4-10/h3-8H,1-2H3,(H,17,20). The van der Waals surface area contributed by atoms with E-state index in [1.807, 2.05) is 50.6 Å². The Bertz CT molecular complexity index is 950. The molecule has 3 heterocycles. The summed E-state index contributed by atoms with van der Waals surface area (Å²) in [6.45, 7) is 1.96. The number of imidazole rings is 1. The number of hydrogen-bond donors (Lipinski definition) is 1. The zero-order chi connectivity index (χ0) is 16.0. The molecule has 0 saturated heterocycles. The monoisotopic (exact) mass is 344 g/mol. The number of hydrogen-bond acceptors (Lipinski definition) is 5. The van der Waals surface area contributed by atoms with Crippen LogP contribution in [0, 0.1) is 6.92 Å². The highest BCUT2D eigenvalue weighted by molar-refractivity contribution is 7.20. The van der Waals surface area contributed by atoms with Crippen LogP contribution in [0.15, 0.2) is 36.7 Å². The topological polar surface area (TPSA) is 60.0 Å². The highest BCUT2D eigenvalue weighted by Crippen LogP contribution is 2.27. The lowest BCUT2D eigenvalue weighted by molar-refractivity contribution is 0.756. The number of rotatable bonds is 3. The van der Waals surface area contributed by atoms with Gasteiger partial charge in [-0.3, -0.25) is 4.68 Å². The Hall–Kier alpha value is -2.38. The Morgan fingerprint density at radius 1 is 1.13 bits per heavy atom. The van der Waals surface area contributed by atoms with Gasteiger partial charge in [-0.25, -0.2) is 9.50 Å². The molecule has 0 unspecified atom stereocenters. The van der Waals surface area contributed by atoms with E-state index in [9.17, 15) is 0 Å².